The van der Waals surface area contributed by atoms with Crippen LogP contribution in [0.15, 0.2) is 75.6 Å². The Kier molecular flexibility index (Phi) is 9.42. The Morgan fingerprint density at radius 1 is 1.09 bits per heavy atom. The summed E-state index contributed by atoms with van der Waals surface area (Å²) in [5.41, 5.74) is 2.91. The van der Waals surface area contributed by atoms with Gasteiger partial charge < -0.3 is 5.11 Å². The lowest BCUT2D eigenvalue weighted by Gasteiger charge is -2.15. The van der Waals surface area contributed by atoms with Crippen molar-refractivity contribution in [3.8, 4) is 0 Å². The van der Waals surface area contributed by atoms with E-state index in [2.05, 4.69) is 48.7 Å². The van der Waals surface area contributed by atoms with Crippen LogP contribution in [0.2, 0.25) is 0 Å². The van der Waals surface area contributed by atoms with E-state index in [1.54, 1.807) is 22.7 Å². The minimum Gasteiger partial charge on any atom is -0.396 e. The van der Waals surface area contributed by atoms with Crippen molar-refractivity contribution < 1.29 is 5.11 Å². The zero-order valence-electron chi connectivity index (χ0n) is 20.2. The second-order valence-corrected chi connectivity index (χ2v) is 9.28. The van der Waals surface area contributed by atoms with Gasteiger partial charge in [0.15, 0.2) is 0 Å². The molecule has 3 aromatic carbocycles. The zero-order chi connectivity index (χ0) is 24.5. The number of hydrogen-bond donors (Lipinski definition) is 1. The molecular formula is C28H33N3O2S. The Balaban J connectivity index is 0.000000751. The van der Waals surface area contributed by atoms with Crippen molar-refractivity contribution in [1.82, 2.24) is 9.55 Å². The maximum Gasteiger partial charge on any atom is 0.261 e. The van der Waals surface area contributed by atoms with Gasteiger partial charge in [0.25, 0.3) is 5.56 Å². The summed E-state index contributed by atoms with van der Waals surface area (Å²) < 4.78 is 1.75. The first-order valence-electron chi connectivity index (χ1n) is 11.8. The predicted molar refractivity (Wildman–Crippen MR) is 146 cm³/mol. The summed E-state index contributed by atoms with van der Waals surface area (Å²) >= 11 is 1.76. The van der Waals surface area contributed by atoms with Crippen LogP contribution in [-0.2, 0) is 6.42 Å². The number of thioether (sulfide) groups is 1. The second-order valence-electron chi connectivity index (χ2n) is 8.14. The second kappa shape index (κ2) is 12.5. The summed E-state index contributed by atoms with van der Waals surface area (Å²) in [5, 5.41) is 10.8. The number of aliphatic imine (C=N–C) groups is 1. The highest BCUT2D eigenvalue weighted by molar-refractivity contribution is 7.99. The largest absolute Gasteiger partial charge is 0.396 e. The van der Waals surface area contributed by atoms with Crippen molar-refractivity contribution in [1.29, 1.82) is 0 Å². The van der Waals surface area contributed by atoms with Crippen LogP contribution in [0.4, 0.5) is 5.69 Å². The normalized spacial score (nSPS) is 11.8. The molecule has 34 heavy (non-hydrogen) atoms. The van der Waals surface area contributed by atoms with E-state index < -0.39 is 0 Å². The zero-order valence-corrected chi connectivity index (χ0v) is 21.0. The van der Waals surface area contributed by atoms with E-state index in [-0.39, 0.29) is 11.6 Å². The summed E-state index contributed by atoms with van der Waals surface area (Å²) in [6, 6.07) is 18.4. The Labute approximate surface area is 205 Å². The van der Waals surface area contributed by atoms with E-state index in [1.807, 2.05) is 43.3 Å². The van der Waals surface area contributed by atoms with Crippen molar-refractivity contribution in [2.24, 2.45) is 4.99 Å². The molecule has 178 valence electrons. The Morgan fingerprint density at radius 3 is 2.44 bits per heavy atom. The van der Waals surface area contributed by atoms with Gasteiger partial charge in [-0.2, -0.15) is 0 Å². The van der Waals surface area contributed by atoms with Crippen molar-refractivity contribution in [3.63, 3.8) is 0 Å². The quantitative estimate of drug-likeness (QED) is 0.178. The number of benzene rings is 3. The first kappa shape index (κ1) is 25.7. The molecule has 1 N–H and O–H groups in total. The monoisotopic (exact) mass is 475 g/mol. The number of aliphatic hydroxyl groups excluding tert-OH is 1. The number of nitrogens with zero attached hydrogens (tertiary/aromatic N) is 3. The minimum atomic E-state index is 0.0372. The molecule has 0 amide bonds. The van der Waals surface area contributed by atoms with Gasteiger partial charge in [-0.15, -0.1) is 11.8 Å². The van der Waals surface area contributed by atoms with Crippen LogP contribution in [0.5, 0.6) is 0 Å². The lowest BCUT2D eigenvalue weighted by Crippen LogP contribution is -2.23. The summed E-state index contributed by atoms with van der Waals surface area (Å²) in [7, 11) is 0. The van der Waals surface area contributed by atoms with Crippen molar-refractivity contribution in [3.05, 3.63) is 76.8 Å². The van der Waals surface area contributed by atoms with Crippen molar-refractivity contribution in [2.75, 3.05) is 12.4 Å². The Morgan fingerprint density at radius 2 is 1.76 bits per heavy atom. The standard InChI is InChI=1S/C25H25N3OS.C3H8O/c1-4-17(2)28-16-27-24-20-10-6-5-9-19(20)18(15-21(24)25(28)29)13-14-30-23-12-8-7-11-22(23)26-3;1-2-3-4/h5-12,15-17H,3-4,13-14H2,1-2H3;4H,2-3H2,1H3. The van der Waals surface area contributed by atoms with Gasteiger partial charge in [-0.05, 0) is 62.1 Å². The molecule has 5 nitrogen and oxygen atoms in total. The summed E-state index contributed by atoms with van der Waals surface area (Å²) in [6.45, 7) is 10.1. The topological polar surface area (TPSA) is 67.5 Å². The number of hydrogen-bond acceptors (Lipinski definition) is 5. The number of aromatic nitrogens is 2. The third kappa shape index (κ3) is 5.75. The van der Waals surface area contributed by atoms with Gasteiger partial charge in [-0.3, -0.25) is 14.4 Å². The van der Waals surface area contributed by atoms with Crippen LogP contribution < -0.4 is 5.56 Å². The van der Waals surface area contributed by atoms with Gasteiger partial charge in [0.05, 0.1) is 22.9 Å². The van der Waals surface area contributed by atoms with Crippen LogP contribution >= 0.6 is 11.8 Å². The van der Waals surface area contributed by atoms with Gasteiger partial charge in [-0.1, -0.05) is 50.2 Å². The molecule has 0 aliphatic heterocycles. The third-order valence-electron chi connectivity index (χ3n) is 5.83. The highest BCUT2D eigenvalue weighted by Gasteiger charge is 2.14. The fraction of sp³-hybridized carbons (Fsp3) is 0.321. The van der Waals surface area contributed by atoms with Crippen molar-refractivity contribution >= 4 is 45.8 Å². The number of rotatable bonds is 8. The number of fused-ring (bicyclic) bond motifs is 3. The molecule has 0 aliphatic carbocycles. The van der Waals surface area contributed by atoms with E-state index in [0.29, 0.717) is 12.0 Å². The molecule has 0 radical (unpaired) electrons. The molecule has 1 aromatic heterocycles. The molecule has 4 aromatic rings. The lowest BCUT2D eigenvalue weighted by atomic mass is 9.99. The van der Waals surface area contributed by atoms with Gasteiger partial charge in [-0.25, -0.2) is 4.98 Å². The molecule has 1 atom stereocenters. The van der Waals surface area contributed by atoms with E-state index in [0.717, 1.165) is 51.9 Å². The van der Waals surface area contributed by atoms with Crippen LogP contribution in [0.3, 0.4) is 0 Å². The average Bonchev–Trinajstić information content (AvgIpc) is 2.89. The first-order chi connectivity index (χ1) is 16.5. The molecule has 0 bridgehead atoms. The SMILES string of the molecule is C=Nc1ccccc1SCCc1cc2c(=O)n(C(C)CC)cnc2c2ccccc12.CCCO. The Bertz CT molecular complexity index is 1310. The van der Waals surface area contributed by atoms with E-state index >= 15 is 0 Å². The molecule has 0 fully saturated rings. The summed E-state index contributed by atoms with van der Waals surface area (Å²) in [6.07, 6.45) is 4.31. The highest BCUT2D eigenvalue weighted by Crippen LogP contribution is 2.31. The molecule has 1 heterocycles. The van der Waals surface area contributed by atoms with E-state index in [1.165, 1.54) is 5.56 Å². The predicted octanol–water partition coefficient (Wildman–Crippen LogP) is 6.58. The smallest absolute Gasteiger partial charge is 0.261 e. The molecule has 4 rings (SSSR count). The maximum absolute atomic E-state index is 13.2. The van der Waals surface area contributed by atoms with Gasteiger partial charge in [0, 0.05) is 28.7 Å². The molecule has 0 saturated heterocycles. The van der Waals surface area contributed by atoms with E-state index in [9.17, 15) is 4.79 Å². The first-order valence-corrected chi connectivity index (χ1v) is 12.7. The molecule has 0 aliphatic rings. The molecule has 0 spiro atoms. The number of para-hydroxylation sites is 1. The van der Waals surface area contributed by atoms with E-state index in [4.69, 9.17) is 5.11 Å². The Hall–Kier alpha value is -2.96. The number of aliphatic hydroxyl groups is 1. The van der Waals surface area contributed by atoms with Crippen LogP contribution in [0.1, 0.15) is 45.2 Å². The highest BCUT2D eigenvalue weighted by atomic mass is 32.2. The van der Waals surface area contributed by atoms with Gasteiger partial charge >= 0.3 is 0 Å². The number of aryl methyl sites for hydroxylation is 1. The fourth-order valence-electron chi connectivity index (χ4n) is 3.75. The molecule has 6 heteroatoms. The fourth-order valence-corrected chi connectivity index (χ4v) is 4.74. The van der Waals surface area contributed by atoms with Crippen LogP contribution in [0, 0.1) is 0 Å². The lowest BCUT2D eigenvalue weighted by molar-refractivity contribution is 0.295. The van der Waals surface area contributed by atoms with Crippen molar-refractivity contribution in [2.45, 2.75) is 51.0 Å². The van der Waals surface area contributed by atoms with Crippen LogP contribution in [0.25, 0.3) is 21.7 Å². The summed E-state index contributed by atoms with van der Waals surface area (Å²) in [4.78, 5) is 23.1. The molecular weight excluding hydrogens is 442 g/mol. The molecule has 0 saturated carbocycles. The van der Waals surface area contributed by atoms with Gasteiger partial charge in [0.2, 0.25) is 0 Å². The summed E-state index contributed by atoms with van der Waals surface area (Å²) in [5.74, 6) is 0.891. The molecule has 1 unspecified atom stereocenters. The third-order valence-corrected chi connectivity index (χ3v) is 6.90. The van der Waals surface area contributed by atoms with Crippen LogP contribution in [-0.4, -0.2) is 33.7 Å². The maximum atomic E-state index is 13.2. The average molecular weight is 476 g/mol. The van der Waals surface area contributed by atoms with Gasteiger partial charge in [0.1, 0.15) is 0 Å². The minimum absolute atomic E-state index is 0.0372.